The van der Waals surface area contributed by atoms with Gasteiger partial charge in [-0.1, -0.05) is 6.07 Å². The van der Waals surface area contributed by atoms with Crippen LogP contribution in [-0.2, 0) is 9.47 Å². The van der Waals surface area contributed by atoms with E-state index in [9.17, 15) is 4.39 Å². The fraction of sp³-hybridized carbons (Fsp3) is 0.571. The number of halogens is 1. The maximum absolute atomic E-state index is 13.6. The molecular formula is C14H22FNO3. The van der Waals surface area contributed by atoms with E-state index < -0.39 is 0 Å². The molecule has 0 amide bonds. The minimum absolute atomic E-state index is 0.316. The zero-order valence-electron chi connectivity index (χ0n) is 11.5. The third kappa shape index (κ3) is 6.00. The van der Waals surface area contributed by atoms with Crippen LogP contribution in [0.15, 0.2) is 18.2 Å². The molecule has 0 heterocycles. The fourth-order valence-corrected chi connectivity index (χ4v) is 1.56. The molecule has 0 bridgehead atoms. The summed E-state index contributed by atoms with van der Waals surface area (Å²) in [7, 11) is 1.63. The third-order valence-electron chi connectivity index (χ3n) is 2.60. The number of ether oxygens (including phenoxy) is 3. The molecule has 19 heavy (non-hydrogen) atoms. The summed E-state index contributed by atoms with van der Waals surface area (Å²) in [6.45, 7) is 4.00. The van der Waals surface area contributed by atoms with E-state index in [1.165, 1.54) is 6.07 Å². The van der Waals surface area contributed by atoms with Gasteiger partial charge in [-0.25, -0.2) is 4.39 Å². The Hall–Kier alpha value is -1.17. The van der Waals surface area contributed by atoms with E-state index in [1.54, 1.807) is 26.2 Å². The Bertz CT molecular complexity index is 372. The summed E-state index contributed by atoms with van der Waals surface area (Å²) in [5, 5.41) is 0. The Kier molecular flexibility index (Phi) is 7.40. The van der Waals surface area contributed by atoms with Crippen molar-refractivity contribution in [2.24, 2.45) is 5.73 Å². The van der Waals surface area contributed by atoms with Crippen LogP contribution >= 0.6 is 0 Å². The van der Waals surface area contributed by atoms with Crippen LogP contribution in [0.2, 0.25) is 0 Å². The molecule has 0 saturated heterocycles. The molecule has 0 unspecified atom stereocenters. The number of hydrogen-bond acceptors (Lipinski definition) is 4. The Morgan fingerprint density at radius 1 is 1.21 bits per heavy atom. The van der Waals surface area contributed by atoms with Gasteiger partial charge in [0.15, 0.2) is 0 Å². The topological polar surface area (TPSA) is 53.7 Å². The van der Waals surface area contributed by atoms with Gasteiger partial charge in [0.1, 0.15) is 11.6 Å². The van der Waals surface area contributed by atoms with Gasteiger partial charge in [0.2, 0.25) is 0 Å². The van der Waals surface area contributed by atoms with Gasteiger partial charge in [-0.05, 0) is 13.0 Å². The van der Waals surface area contributed by atoms with E-state index in [-0.39, 0.29) is 11.9 Å². The van der Waals surface area contributed by atoms with Crippen molar-refractivity contribution < 1.29 is 18.6 Å². The van der Waals surface area contributed by atoms with Gasteiger partial charge < -0.3 is 19.9 Å². The second-order valence-corrected chi connectivity index (χ2v) is 4.28. The summed E-state index contributed by atoms with van der Waals surface area (Å²) in [4.78, 5) is 0. The number of methoxy groups -OCH3 is 1. The lowest BCUT2D eigenvalue weighted by atomic mass is 10.1. The number of benzene rings is 1. The smallest absolute Gasteiger partial charge is 0.131 e. The predicted molar refractivity (Wildman–Crippen MR) is 71.8 cm³/mol. The largest absolute Gasteiger partial charge is 0.493 e. The Labute approximate surface area is 113 Å². The summed E-state index contributed by atoms with van der Waals surface area (Å²) in [5.41, 5.74) is 6.13. The minimum atomic E-state index is -0.330. The minimum Gasteiger partial charge on any atom is -0.493 e. The zero-order valence-corrected chi connectivity index (χ0v) is 11.5. The van der Waals surface area contributed by atoms with Crippen LogP contribution in [0.1, 0.15) is 24.9 Å². The maximum atomic E-state index is 13.6. The number of rotatable bonds is 9. The second kappa shape index (κ2) is 8.85. The normalized spacial score (nSPS) is 12.4. The first-order valence-corrected chi connectivity index (χ1v) is 6.39. The first-order chi connectivity index (χ1) is 9.15. The molecule has 0 aliphatic rings. The average molecular weight is 271 g/mol. The van der Waals surface area contributed by atoms with Crippen molar-refractivity contribution in [1.29, 1.82) is 0 Å². The predicted octanol–water partition coefficient (Wildman–Crippen LogP) is 2.28. The van der Waals surface area contributed by atoms with E-state index in [1.807, 2.05) is 0 Å². The van der Waals surface area contributed by atoms with Crippen molar-refractivity contribution in [2.45, 2.75) is 19.4 Å². The second-order valence-electron chi connectivity index (χ2n) is 4.28. The van der Waals surface area contributed by atoms with E-state index in [0.29, 0.717) is 37.7 Å². The van der Waals surface area contributed by atoms with Gasteiger partial charge in [0, 0.05) is 37.8 Å². The van der Waals surface area contributed by atoms with Crippen LogP contribution in [-0.4, -0.2) is 33.5 Å². The SMILES string of the molecule is COCCOCCCOc1ccc([C@H](C)N)c(F)c1. The Morgan fingerprint density at radius 3 is 2.63 bits per heavy atom. The van der Waals surface area contributed by atoms with Crippen molar-refractivity contribution in [3.63, 3.8) is 0 Å². The maximum Gasteiger partial charge on any atom is 0.131 e. The van der Waals surface area contributed by atoms with Gasteiger partial charge in [-0.15, -0.1) is 0 Å². The van der Waals surface area contributed by atoms with Crippen LogP contribution in [0.3, 0.4) is 0 Å². The fourth-order valence-electron chi connectivity index (χ4n) is 1.56. The molecule has 0 aliphatic carbocycles. The molecule has 0 fully saturated rings. The highest BCUT2D eigenvalue weighted by atomic mass is 19.1. The average Bonchev–Trinajstić information content (AvgIpc) is 2.37. The molecular weight excluding hydrogens is 249 g/mol. The molecule has 1 aromatic carbocycles. The van der Waals surface area contributed by atoms with Crippen LogP contribution < -0.4 is 10.5 Å². The monoisotopic (exact) mass is 271 g/mol. The highest BCUT2D eigenvalue weighted by Crippen LogP contribution is 2.20. The summed E-state index contributed by atoms with van der Waals surface area (Å²) in [6.07, 6.45) is 0.750. The molecule has 1 atom stereocenters. The molecule has 0 spiro atoms. The van der Waals surface area contributed by atoms with Crippen molar-refractivity contribution in [1.82, 2.24) is 0 Å². The lowest BCUT2D eigenvalue weighted by Gasteiger charge is -2.10. The van der Waals surface area contributed by atoms with Gasteiger partial charge in [-0.3, -0.25) is 0 Å². The van der Waals surface area contributed by atoms with Crippen molar-refractivity contribution in [3.05, 3.63) is 29.6 Å². The van der Waals surface area contributed by atoms with Crippen LogP contribution in [0.4, 0.5) is 4.39 Å². The van der Waals surface area contributed by atoms with Crippen LogP contribution in [0, 0.1) is 5.82 Å². The Morgan fingerprint density at radius 2 is 2.00 bits per heavy atom. The van der Waals surface area contributed by atoms with Crippen LogP contribution in [0.25, 0.3) is 0 Å². The summed E-state index contributed by atoms with van der Waals surface area (Å²) in [6, 6.07) is 4.44. The molecule has 0 aliphatic heterocycles. The molecule has 5 heteroatoms. The summed E-state index contributed by atoms with van der Waals surface area (Å²) >= 11 is 0. The van der Waals surface area contributed by atoms with Crippen molar-refractivity contribution in [2.75, 3.05) is 33.5 Å². The van der Waals surface area contributed by atoms with Crippen molar-refractivity contribution in [3.8, 4) is 5.75 Å². The molecule has 0 aromatic heterocycles. The van der Waals surface area contributed by atoms with Gasteiger partial charge in [-0.2, -0.15) is 0 Å². The first kappa shape index (κ1) is 15.9. The molecule has 1 aromatic rings. The lowest BCUT2D eigenvalue weighted by molar-refractivity contribution is 0.0644. The molecule has 2 N–H and O–H groups in total. The van der Waals surface area contributed by atoms with E-state index in [0.717, 1.165) is 6.42 Å². The first-order valence-electron chi connectivity index (χ1n) is 6.39. The van der Waals surface area contributed by atoms with E-state index in [2.05, 4.69) is 0 Å². The molecule has 1 rings (SSSR count). The lowest BCUT2D eigenvalue weighted by Crippen LogP contribution is -2.08. The van der Waals surface area contributed by atoms with E-state index in [4.69, 9.17) is 19.9 Å². The molecule has 108 valence electrons. The highest BCUT2D eigenvalue weighted by Gasteiger charge is 2.07. The summed E-state index contributed by atoms with van der Waals surface area (Å²) in [5.74, 6) is 0.183. The molecule has 0 radical (unpaired) electrons. The molecule has 0 saturated carbocycles. The summed E-state index contributed by atoms with van der Waals surface area (Å²) < 4.78 is 29.2. The standard InChI is InChI=1S/C14H22FNO3/c1-11(16)13-5-4-12(10-14(13)15)19-7-3-6-18-9-8-17-2/h4-5,10-11H,3,6-9,16H2,1-2H3/t11-/m0/s1. The van der Waals surface area contributed by atoms with E-state index >= 15 is 0 Å². The van der Waals surface area contributed by atoms with Gasteiger partial charge in [0.25, 0.3) is 0 Å². The molecule has 4 nitrogen and oxygen atoms in total. The zero-order chi connectivity index (χ0) is 14.1. The highest BCUT2D eigenvalue weighted by molar-refractivity contribution is 5.30. The van der Waals surface area contributed by atoms with Crippen molar-refractivity contribution >= 4 is 0 Å². The number of hydrogen-bond donors (Lipinski definition) is 1. The van der Waals surface area contributed by atoms with Crippen LogP contribution in [0.5, 0.6) is 5.75 Å². The third-order valence-corrected chi connectivity index (χ3v) is 2.60. The Balaban J connectivity index is 2.25. The number of nitrogens with two attached hydrogens (primary N) is 1. The van der Waals surface area contributed by atoms with Gasteiger partial charge >= 0.3 is 0 Å². The quantitative estimate of drug-likeness (QED) is 0.700. The van der Waals surface area contributed by atoms with Gasteiger partial charge in [0.05, 0.1) is 19.8 Å².